The second-order valence-electron chi connectivity index (χ2n) is 11.6. The maximum absolute atomic E-state index is 4.67. The number of fused-ring (bicyclic) bond motifs is 1. The molecule has 1 aliphatic heterocycles. The number of hydrogen-bond acceptors (Lipinski definition) is 5. The summed E-state index contributed by atoms with van der Waals surface area (Å²) in [5.41, 5.74) is 9.65. The van der Waals surface area contributed by atoms with Crippen molar-refractivity contribution in [2.24, 2.45) is 0 Å². The highest BCUT2D eigenvalue weighted by molar-refractivity contribution is 7.98. The van der Waals surface area contributed by atoms with E-state index in [-0.39, 0.29) is 17.0 Å². The van der Waals surface area contributed by atoms with Crippen molar-refractivity contribution in [2.45, 2.75) is 49.6 Å². The summed E-state index contributed by atoms with van der Waals surface area (Å²) in [6.45, 7) is 4.00. The number of halogens is 1. The van der Waals surface area contributed by atoms with Gasteiger partial charge < -0.3 is 26.4 Å². The monoisotopic (exact) mass is 676 g/mol. The lowest BCUT2D eigenvalue weighted by Gasteiger charge is -2.16. The maximum atomic E-state index is 4.67. The van der Waals surface area contributed by atoms with Gasteiger partial charge in [-0.1, -0.05) is 90.6 Å². The summed E-state index contributed by atoms with van der Waals surface area (Å²) in [4.78, 5) is 16.2. The van der Waals surface area contributed by atoms with Crippen molar-refractivity contribution in [1.29, 1.82) is 0 Å². The molecular weight excluding hydrogens is 640 g/mol. The summed E-state index contributed by atoms with van der Waals surface area (Å²) < 4.78 is 4.37. The Morgan fingerprint density at radius 1 is 0.667 bits per heavy atom. The lowest BCUT2D eigenvalue weighted by Crippen LogP contribution is -3.00. The van der Waals surface area contributed by atoms with Crippen LogP contribution in [-0.2, 0) is 31.7 Å². The molecule has 3 aromatic carbocycles. The predicted molar refractivity (Wildman–Crippen MR) is 178 cm³/mol. The van der Waals surface area contributed by atoms with Gasteiger partial charge in [-0.15, -0.1) is 0 Å². The van der Waals surface area contributed by atoms with Crippen molar-refractivity contribution in [3.05, 3.63) is 144 Å². The molecule has 4 heterocycles. The van der Waals surface area contributed by atoms with Crippen LogP contribution in [-0.4, -0.2) is 32.6 Å². The molecule has 3 aromatic heterocycles. The van der Waals surface area contributed by atoms with Crippen LogP contribution < -0.4 is 26.4 Å². The Balaban J connectivity index is 0.00000357. The van der Waals surface area contributed by atoms with Crippen molar-refractivity contribution in [3.63, 3.8) is 0 Å². The zero-order valence-corrected chi connectivity index (χ0v) is 27.7. The Bertz CT molecular complexity index is 1800. The van der Waals surface area contributed by atoms with Crippen LogP contribution in [0.25, 0.3) is 11.2 Å². The molecule has 0 unspecified atom stereocenters. The Hall–Kier alpha value is -4.01. The largest absolute Gasteiger partial charge is 1.00 e. The summed E-state index contributed by atoms with van der Waals surface area (Å²) in [5.74, 6) is 0.859. The number of imidazole rings is 1. The van der Waals surface area contributed by atoms with Gasteiger partial charge in [-0.25, -0.2) is 19.5 Å². The van der Waals surface area contributed by atoms with Crippen LogP contribution in [0.15, 0.2) is 121 Å². The number of nitrogens with zero attached hydrogens (tertiary/aromatic N) is 6. The van der Waals surface area contributed by atoms with Gasteiger partial charge in [0.1, 0.15) is 16.9 Å². The quantitative estimate of drug-likeness (QED) is 0.118. The highest BCUT2D eigenvalue weighted by Crippen LogP contribution is 2.27. The Morgan fingerprint density at radius 2 is 1.31 bits per heavy atom. The summed E-state index contributed by atoms with van der Waals surface area (Å²) >= 11 is 1.70. The van der Waals surface area contributed by atoms with Gasteiger partial charge in [0.05, 0.1) is 12.9 Å². The van der Waals surface area contributed by atoms with Crippen molar-refractivity contribution < 1.29 is 21.5 Å². The lowest BCUT2D eigenvalue weighted by atomic mass is 10.0. The van der Waals surface area contributed by atoms with Crippen molar-refractivity contribution >= 4 is 28.6 Å². The Labute approximate surface area is 280 Å². The molecule has 6 nitrogen and oxygen atoms in total. The molecule has 0 atom stereocenters. The van der Waals surface area contributed by atoms with E-state index in [0.717, 1.165) is 47.9 Å². The van der Waals surface area contributed by atoms with E-state index in [2.05, 4.69) is 126 Å². The average molecular weight is 678 g/mol. The zero-order valence-electron chi connectivity index (χ0n) is 25.3. The highest BCUT2D eigenvalue weighted by Gasteiger charge is 2.14. The Kier molecular flexibility index (Phi) is 10.2. The second-order valence-corrected chi connectivity index (χ2v) is 12.5. The number of benzene rings is 3. The molecule has 0 radical (unpaired) electrons. The van der Waals surface area contributed by atoms with Crippen LogP contribution in [0.5, 0.6) is 0 Å². The number of hydrogen-bond donors (Lipinski definition) is 0. The zero-order chi connectivity index (χ0) is 29.6. The van der Waals surface area contributed by atoms with Crippen LogP contribution in [0.3, 0.4) is 0 Å². The fraction of sp³-hybridized carbons (Fsp3) is 0.243. The van der Waals surface area contributed by atoms with Gasteiger partial charge in [0.2, 0.25) is 0 Å². The third-order valence-corrected chi connectivity index (χ3v) is 9.45. The van der Waals surface area contributed by atoms with Crippen LogP contribution in [0.2, 0.25) is 0 Å². The van der Waals surface area contributed by atoms with Crippen molar-refractivity contribution in [2.75, 3.05) is 18.0 Å². The van der Waals surface area contributed by atoms with Gasteiger partial charge in [0, 0.05) is 42.2 Å². The number of aryl methyl sites for hydroxylation is 2. The minimum Gasteiger partial charge on any atom is -1.00 e. The van der Waals surface area contributed by atoms with Crippen LogP contribution in [0.4, 0.5) is 5.69 Å². The topological polar surface area (TPSA) is 50.7 Å². The van der Waals surface area contributed by atoms with Crippen molar-refractivity contribution in [1.82, 2.24) is 19.5 Å². The fourth-order valence-electron chi connectivity index (χ4n) is 5.87. The highest BCUT2D eigenvalue weighted by atomic mass is 79.9. The van der Waals surface area contributed by atoms with E-state index in [1.807, 2.05) is 12.4 Å². The van der Waals surface area contributed by atoms with E-state index in [0.29, 0.717) is 0 Å². The molecule has 45 heavy (non-hydrogen) atoms. The number of rotatable bonds is 11. The predicted octanol–water partition coefficient (Wildman–Crippen LogP) is 3.89. The van der Waals surface area contributed by atoms with Gasteiger partial charge in [0.25, 0.3) is 0 Å². The number of aromatic nitrogens is 5. The Morgan fingerprint density at radius 3 is 2.00 bits per heavy atom. The fourth-order valence-corrected chi connectivity index (χ4v) is 6.76. The van der Waals surface area contributed by atoms with Gasteiger partial charge >= 0.3 is 0 Å². The minimum absolute atomic E-state index is 0. The van der Waals surface area contributed by atoms with Crippen LogP contribution >= 0.6 is 11.8 Å². The van der Waals surface area contributed by atoms with E-state index in [4.69, 9.17) is 0 Å². The summed E-state index contributed by atoms with van der Waals surface area (Å²) in [5, 5.41) is 0.923. The number of anilines is 1. The van der Waals surface area contributed by atoms with Gasteiger partial charge in [-0.2, -0.15) is 0 Å². The molecule has 7 rings (SSSR count). The first-order valence-electron chi connectivity index (χ1n) is 15.5. The molecule has 0 bridgehead atoms. The third kappa shape index (κ3) is 7.81. The van der Waals surface area contributed by atoms with Gasteiger partial charge in [-0.05, 0) is 47.9 Å². The minimum atomic E-state index is 0. The SMILES string of the molecule is [Br-].c1ccc(CSc2ncnc3c2ncn3Cc2ccc(CCc3ccc(C[n+]4ccc(N5CCCC5)cc4)cc3)cc2)cc1. The molecule has 8 heteroatoms. The second kappa shape index (κ2) is 14.8. The van der Waals surface area contributed by atoms with E-state index >= 15 is 0 Å². The molecule has 228 valence electrons. The molecule has 1 saturated heterocycles. The third-order valence-electron chi connectivity index (χ3n) is 8.40. The molecule has 0 aliphatic carbocycles. The normalized spacial score (nSPS) is 12.8. The number of thioether (sulfide) groups is 1. The molecule has 0 spiro atoms. The molecule has 1 aliphatic rings. The molecular formula is C37H37BrN6S. The van der Waals surface area contributed by atoms with Gasteiger partial charge in [-0.3, -0.25) is 0 Å². The van der Waals surface area contributed by atoms with Gasteiger partial charge in [0.15, 0.2) is 24.6 Å². The molecule has 0 N–H and O–H groups in total. The smallest absolute Gasteiger partial charge is 0.173 e. The van der Waals surface area contributed by atoms with Crippen LogP contribution in [0, 0.1) is 0 Å². The average Bonchev–Trinajstić information content (AvgIpc) is 3.76. The van der Waals surface area contributed by atoms with E-state index in [1.165, 1.54) is 59.4 Å². The molecule has 1 fully saturated rings. The summed E-state index contributed by atoms with van der Waals surface area (Å²) in [7, 11) is 0. The maximum Gasteiger partial charge on any atom is 0.173 e. The van der Waals surface area contributed by atoms with Crippen LogP contribution in [0.1, 0.15) is 40.7 Å². The first-order chi connectivity index (χ1) is 21.8. The molecule has 0 amide bonds. The molecule has 0 saturated carbocycles. The standard InChI is InChI=1S/C37H37N6S.BrH/c1-2-6-33(7-3-1)26-44-37-35-36(38-27-39-37)43(28-40-35)25-32-16-12-30(13-17-32)9-8-29-10-14-31(15-11-29)24-41-22-18-34(19-23-41)42-20-4-5-21-42;/h1-3,6-7,10-19,22-23,27-28H,4-5,8-9,20-21,24-26H2;1H/q+1;/p-1. The number of pyridine rings is 1. The van der Waals surface area contributed by atoms with E-state index in [1.54, 1.807) is 18.1 Å². The van der Waals surface area contributed by atoms with E-state index < -0.39 is 0 Å². The first-order valence-corrected chi connectivity index (χ1v) is 16.5. The van der Waals surface area contributed by atoms with Crippen molar-refractivity contribution in [3.8, 4) is 0 Å². The summed E-state index contributed by atoms with van der Waals surface area (Å²) in [6, 6.07) is 33.0. The molecule has 6 aromatic rings. The summed E-state index contributed by atoms with van der Waals surface area (Å²) in [6.07, 6.45) is 12.6. The first kappa shape index (κ1) is 31.0. The van der Waals surface area contributed by atoms with E-state index in [9.17, 15) is 0 Å². The lowest BCUT2D eigenvalue weighted by molar-refractivity contribution is -0.688.